The summed E-state index contributed by atoms with van der Waals surface area (Å²) >= 11 is 0. The second kappa shape index (κ2) is 11.4. The molecular weight excluding hydrogens is 458 g/mol. The van der Waals surface area contributed by atoms with Crippen molar-refractivity contribution >= 4 is 17.7 Å². The Hall–Kier alpha value is -4.03. The van der Waals surface area contributed by atoms with Gasteiger partial charge in [-0.3, -0.25) is 9.69 Å². The smallest absolute Gasteiger partial charge is 0.260 e. The van der Waals surface area contributed by atoms with Crippen molar-refractivity contribution < 1.29 is 4.79 Å². The summed E-state index contributed by atoms with van der Waals surface area (Å²) in [4.78, 5) is 29.3. The van der Waals surface area contributed by atoms with Crippen molar-refractivity contribution in [3.63, 3.8) is 0 Å². The van der Waals surface area contributed by atoms with Gasteiger partial charge in [0.1, 0.15) is 5.82 Å². The third kappa shape index (κ3) is 5.87. The Bertz CT molecular complexity index is 1340. The molecule has 0 unspecified atom stereocenters. The Labute approximate surface area is 219 Å². The average molecular weight is 492 g/mol. The maximum atomic E-state index is 13.7. The quantitative estimate of drug-likeness (QED) is 0.335. The van der Waals surface area contributed by atoms with Gasteiger partial charge in [0.15, 0.2) is 0 Å². The molecule has 0 bridgehead atoms. The lowest BCUT2D eigenvalue weighted by atomic mass is 10.00. The molecule has 1 aromatic heterocycles. The lowest BCUT2D eigenvalue weighted by molar-refractivity contribution is 0.0984. The van der Waals surface area contributed by atoms with E-state index >= 15 is 0 Å². The molecule has 37 heavy (non-hydrogen) atoms. The van der Waals surface area contributed by atoms with Crippen LogP contribution in [0, 0.1) is 0 Å². The Morgan fingerprint density at radius 2 is 1.54 bits per heavy atom. The number of carbonyl (C=O) groups is 1. The summed E-state index contributed by atoms with van der Waals surface area (Å²) in [7, 11) is 4.08. The van der Waals surface area contributed by atoms with Crippen molar-refractivity contribution in [2.45, 2.75) is 19.4 Å². The molecule has 3 aromatic carbocycles. The van der Waals surface area contributed by atoms with Crippen LogP contribution in [0.15, 0.2) is 91.1 Å². The van der Waals surface area contributed by atoms with Crippen molar-refractivity contribution in [1.29, 1.82) is 0 Å². The van der Waals surface area contributed by atoms with Crippen LogP contribution in [0.25, 0.3) is 11.1 Å². The largest absolute Gasteiger partial charge is 0.352 e. The zero-order chi connectivity index (χ0) is 25.6. The van der Waals surface area contributed by atoms with E-state index in [0.29, 0.717) is 18.1 Å². The molecule has 0 atom stereocenters. The molecule has 1 amide bonds. The van der Waals surface area contributed by atoms with E-state index in [-0.39, 0.29) is 5.91 Å². The fraction of sp³-hybridized carbons (Fsp3) is 0.258. The number of benzene rings is 3. The zero-order valence-corrected chi connectivity index (χ0v) is 21.5. The highest BCUT2D eigenvalue weighted by molar-refractivity contribution is 6.05. The highest BCUT2D eigenvalue weighted by Gasteiger charge is 2.23. The highest BCUT2D eigenvalue weighted by Crippen LogP contribution is 2.25. The molecule has 2 heterocycles. The lowest BCUT2D eigenvalue weighted by Crippen LogP contribution is -2.36. The monoisotopic (exact) mass is 491 g/mol. The van der Waals surface area contributed by atoms with Gasteiger partial charge in [-0.15, -0.1) is 0 Å². The van der Waals surface area contributed by atoms with Gasteiger partial charge in [-0.25, -0.2) is 4.98 Å². The van der Waals surface area contributed by atoms with Crippen LogP contribution in [-0.4, -0.2) is 54.5 Å². The van der Waals surface area contributed by atoms with Crippen LogP contribution in [0.5, 0.6) is 0 Å². The van der Waals surface area contributed by atoms with Crippen LogP contribution in [0.4, 0.5) is 11.8 Å². The fourth-order valence-corrected chi connectivity index (χ4v) is 4.77. The molecule has 0 N–H and O–H groups in total. The molecule has 4 aromatic rings. The predicted molar refractivity (Wildman–Crippen MR) is 150 cm³/mol. The summed E-state index contributed by atoms with van der Waals surface area (Å²) in [5.41, 5.74) is 5.56. The Kier molecular flexibility index (Phi) is 7.57. The van der Waals surface area contributed by atoms with Crippen molar-refractivity contribution in [1.82, 2.24) is 14.9 Å². The molecule has 5 rings (SSSR count). The zero-order valence-electron chi connectivity index (χ0n) is 21.5. The number of fused-ring (bicyclic) bond motifs is 1. The third-order valence-corrected chi connectivity index (χ3v) is 6.80. The van der Waals surface area contributed by atoms with Gasteiger partial charge in [-0.2, -0.15) is 4.98 Å². The second-order valence-corrected chi connectivity index (χ2v) is 9.71. The lowest BCUT2D eigenvalue weighted by Gasteiger charge is -2.30. The van der Waals surface area contributed by atoms with Crippen LogP contribution in [0.3, 0.4) is 0 Å². The number of hydrogen-bond acceptors (Lipinski definition) is 5. The highest BCUT2D eigenvalue weighted by atomic mass is 16.2. The van der Waals surface area contributed by atoms with Gasteiger partial charge in [0, 0.05) is 31.4 Å². The molecule has 0 aliphatic carbocycles. The molecule has 6 nitrogen and oxygen atoms in total. The minimum atomic E-state index is -0.0838. The number of rotatable bonds is 8. The van der Waals surface area contributed by atoms with Crippen molar-refractivity contribution in [2.75, 3.05) is 43.5 Å². The van der Waals surface area contributed by atoms with E-state index in [1.165, 1.54) is 11.1 Å². The first-order valence-electron chi connectivity index (χ1n) is 12.9. The van der Waals surface area contributed by atoms with E-state index in [2.05, 4.69) is 51.2 Å². The van der Waals surface area contributed by atoms with Crippen molar-refractivity contribution in [3.05, 3.63) is 108 Å². The van der Waals surface area contributed by atoms with Crippen molar-refractivity contribution in [2.24, 2.45) is 0 Å². The summed E-state index contributed by atoms with van der Waals surface area (Å²) in [5, 5.41) is 0. The van der Waals surface area contributed by atoms with E-state index in [9.17, 15) is 4.79 Å². The first-order chi connectivity index (χ1) is 18.1. The number of hydrogen-bond donors (Lipinski definition) is 0. The summed E-state index contributed by atoms with van der Waals surface area (Å²) in [6.45, 7) is 3.12. The first kappa shape index (κ1) is 24.7. The van der Waals surface area contributed by atoms with Crippen LogP contribution in [0.1, 0.15) is 27.9 Å². The second-order valence-electron chi connectivity index (χ2n) is 9.71. The summed E-state index contributed by atoms with van der Waals surface area (Å²) in [5.74, 6) is 1.22. The summed E-state index contributed by atoms with van der Waals surface area (Å²) in [6, 6.07) is 28.5. The van der Waals surface area contributed by atoms with E-state index in [1.54, 1.807) is 11.1 Å². The molecule has 1 aliphatic heterocycles. The van der Waals surface area contributed by atoms with Crippen LogP contribution in [0.2, 0.25) is 0 Å². The van der Waals surface area contributed by atoms with Crippen molar-refractivity contribution in [3.8, 4) is 11.1 Å². The molecule has 6 heteroatoms. The van der Waals surface area contributed by atoms with Gasteiger partial charge in [-0.1, -0.05) is 66.7 Å². The maximum Gasteiger partial charge on any atom is 0.260 e. The molecular formula is C31H33N5O. The normalized spacial score (nSPS) is 12.9. The van der Waals surface area contributed by atoms with Crippen LogP contribution >= 0.6 is 0 Å². The topological polar surface area (TPSA) is 52.6 Å². The van der Waals surface area contributed by atoms with E-state index in [4.69, 9.17) is 4.98 Å². The van der Waals surface area contributed by atoms with Gasteiger partial charge >= 0.3 is 0 Å². The SMILES string of the molecule is CN(C)CCCN(C(=O)c1ccc(-c2ccccc2)cc1)c1nccc(N2CCc3ccccc3C2)n1. The predicted octanol–water partition coefficient (Wildman–Crippen LogP) is 5.30. The van der Waals surface area contributed by atoms with Gasteiger partial charge in [0.05, 0.1) is 0 Å². The number of aromatic nitrogens is 2. The maximum absolute atomic E-state index is 13.7. The van der Waals surface area contributed by atoms with Gasteiger partial charge in [0.25, 0.3) is 5.91 Å². The molecule has 0 fully saturated rings. The number of carbonyl (C=O) groups excluding carboxylic acids is 1. The minimum absolute atomic E-state index is 0.0838. The third-order valence-electron chi connectivity index (χ3n) is 6.80. The fourth-order valence-electron chi connectivity index (χ4n) is 4.77. The van der Waals surface area contributed by atoms with Gasteiger partial charge < -0.3 is 9.80 Å². The number of nitrogens with zero attached hydrogens (tertiary/aromatic N) is 5. The van der Waals surface area contributed by atoms with E-state index in [1.807, 2.05) is 62.6 Å². The Morgan fingerprint density at radius 3 is 2.30 bits per heavy atom. The van der Waals surface area contributed by atoms with Gasteiger partial charge in [-0.05, 0) is 73.9 Å². The Morgan fingerprint density at radius 1 is 0.838 bits per heavy atom. The summed E-state index contributed by atoms with van der Waals surface area (Å²) in [6.07, 6.45) is 3.57. The first-order valence-corrected chi connectivity index (χ1v) is 12.9. The average Bonchev–Trinajstić information content (AvgIpc) is 2.95. The van der Waals surface area contributed by atoms with E-state index in [0.717, 1.165) is 49.4 Å². The van der Waals surface area contributed by atoms with Crippen LogP contribution in [-0.2, 0) is 13.0 Å². The standard InChI is InChI=1S/C31H33N5O/c1-34(2)20-8-21-36(30(37)27-15-13-26(14-16-27)24-9-4-3-5-10-24)31-32-19-17-29(33-31)35-22-18-25-11-6-7-12-28(25)23-35/h3-7,9-17,19H,8,18,20-23H2,1-2H3. The molecule has 0 saturated heterocycles. The van der Waals surface area contributed by atoms with Crippen LogP contribution < -0.4 is 9.80 Å². The van der Waals surface area contributed by atoms with E-state index < -0.39 is 0 Å². The molecule has 188 valence electrons. The molecule has 0 spiro atoms. The number of amides is 1. The molecule has 0 radical (unpaired) electrons. The number of anilines is 2. The molecule has 0 saturated carbocycles. The summed E-state index contributed by atoms with van der Waals surface area (Å²) < 4.78 is 0. The minimum Gasteiger partial charge on any atom is -0.352 e. The Balaban J connectivity index is 1.39. The van der Waals surface area contributed by atoms with Gasteiger partial charge in [0.2, 0.25) is 5.95 Å². The molecule has 1 aliphatic rings.